The third kappa shape index (κ3) is 4.76. The van der Waals surface area contributed by atoms with Crippen LogP contribution in [0.15, 0.2) is 167 Å². The van der Waals surface area contributed by atoms with Crippen molar-refractivity contribution in [3.63, 3.8) is 0 Å². The third-order valence-electron chi connectivity index (χ3n) is 17.7. The first kappa shape index (κ1) is 40.3. The summed E-state index contributed by atoms with van der Waals surface area (Å²) in [5.41, 5.74) is 29.1. The Bertz CT molecular complexity index is 4200. The van der Waals surface area contributed by atoms with Crippen LogP contribution in [-0.2, 0) is 21.7 Å². The highest BCUT2D eigenvalue weighted by atomic mass is 16.3. The van der Waals surface area contributed by atoms with Gasteiger partial charge >= 0.3 is 0 Å². The minimum atomic E-state index is -0.322. The highest BCUT2D eigenvalue weighted by molar-refractivity contribution is 6.21. The maximum Gasteiger partial charge on any atom is 0.144 e. The predicted molar refractivity (Wildman–Crippen MR) is 291 cm³/mol. The van der Waals surface area contributed by atoms with Gasteiger partial charge in [0, 0.05) is 65.8 Å². The van der Waals surface area contributed by atoms with E-state index in [2.05, 4.69) is 225 Å². The van der Waals surface area contributed by atoms with E-state index >= 15 is 0 Å². The molecule has 0 spiro atoms. The van der Waals surface area contributed by atoms with Gasteiger partial charge < -0.3 is 13.7 Å². The minimum Gasteiger partial charge on any atom is -0.456 e. The van der Waals surface area contributed by atoms with E-state index in [1.165, 1.54) is 122 Å². The number of hydrogen-bond acceptors (Lipinski definition) is 3. The van der Waals surface area contributed by atoms with Crippen molar-refractivity contribution in [2.24, 2.45) is 0 Å². The van der Waals surface area contributed by atoms with Gasteiger partial charge in [0.15, 0.2) is 0 Å². The van der Waals surface area contributed by atoms with E-state index in [9.17, 15) is 0 Å². The molecule has 0 saturated carbocycles. The molecule has 338 valence electrons. The summed E-state index contributed by atoms with van der Waals surface area (Å²) in [6.45, 7) is 21.6. The molecule has 0 unspecified atom stereocenters. The molecule has 0 saturated heterocycles. The molecule has 0 radical (unpaired) electrons. The van der Waals surface area contributed by atoms with Crippen LogP contribution in [0, 0.1) is 6.92 Å². The Hall–Kier alpha value is -7.62. The summed E-state index contributed by atoms with van der Waals surface area (Å²) in [5.74, 6) is 0. The molecule has 4 aliphatic rings. The van der Waals surface area contributed by atoms with Crippen molar-refractivity contribution in [3.8, 4) is 44.5 Å². The maximum atomic E-state index is 7.05. The first-order chi connectivity index (χ1) is 33.7. The fraction of sp³-hybridized carbons (Fsp3) is 0.194. The lowest BCUT2D eigenvalue weighted by Crippen LogP contribution is -2.24. The van der Waals surface area contributed by atoms with E-state index in [1.54, 1.807) is 0 Å². The van der Waals surface area contributed by atoms with Crippen LogP contribution in [-0.4, -0.2) is 0 Å². The number of nitrogens with zero attached hydrogens (tertiary/aromatic N) is 1. The number of aryl methyl sites for hydroxylation is 1. The lowest BCUT2D eigenvalue weighted by molar-refractivity contribution is 0.600. The van der Waals surface area contributed by atoms with Crippen LogP contribution in [0.5, 0.6) is 0 Å². The summed E-state index contributed by atoms with van der Waals surface area (Å²) in [6, 6.07) is 59.1. The molecule has 0 N–H and O–H groups in total. The Morgan fingerprint density at radius 3 is 1.66 bits per heavy atom. The standard InChI is InChI=1S/C67H53NO2/c1-36-18-10-15-23-52(36)68(37-26-28-39-44-34-51-45(35-50(44)65(4,5)48(39)32-37)56-47(64(51,2)3)30-31-55-57(56)42-20-12-16-24-53(42)69-55)38-27-29-41-49(33-38)67(8,9)62-60(41)63-59(43-21-13-17-25-54(43)70-63)58-40-19-11-14-22-46(40)66(6,7)61(58)62/h10-35H,1-9H3. The molecular formula is C67H53NO2. The molecule has 0 fully saturated rings. The van der Waals surface area contributed by atoms with Crippen molar-refractivity contribution in [3.05, 3.63) is 208 Å². The predicted octanol–water partition coefficient (Wildman–Crippen LogP) is 18.5. The second-order valence-corrected chi connectivity index (χ2v) is 22.8. The Morgan fingerprint density at radius 2 is 0.900 bits per heavy atom. The number of anilines is 3. The second kappa shape index (κ2) is 13.0. The molecule has 3 heteroatoms. The number of furan rings is 2. The van der Waals surface area contributed by atoms with E-state index in [-0.39, 0.29) is 21.7 Å². The molecular weight excluding hydrogens is 851 g/mol. The molecule has 0 atom stereocenters. The third-order valence-corrected chi connectivity index (χ3v) is 17.7. The zero-order chi connectivity index (χ0) is 47.5. The van der Waals surface area contributed by atoms with E-state index < -0.39 is 0 Å². The van der Waals surface area contributed by atoms with Gasteiger partial charge in [-0.2, -0.15) is 0 Å². The SMILES string of the molecule is Cc1ccccc1N(c1ccc2c(c1)C(C)(C)c1cc3c(cc1-2)C(C)(C)c1ccc2oc4ccccc4c2c1-3)c1ccc2c(c1)C(C)(C)c1c3c(c4c(oc5ccccc54)c1-2)-c1ccccc1C3(C)C. The number of hydrogen-bond donors (Lipinski definition) is 0. The maximum absolute atomic E-state index is 7.05. The first-order valence-electron chi connectivity index (χ1n) is 25.1. The van der Waals surface area contributed by atoms with Crippen LogP contribution < -0.4 is 4.90 Å². The summed E-state index contributed by atoms with van der Waals surface area (Å²) in [4.78, 5) is 2.51. The van der Waals surface area contributed by atoms with Gasteiger partial charge in [-0.25, -0.2) is 0 Å². The van der Waals surface area contributed by atoms with Gasteiger partial charge in [-0.1, -0.05) is 152 Å². The number of para-hydroxylation sites is 3. The molecule has 2 heterocycles. The van der Waals surface area contributed by atoms with E-state index in [4.69, 9.17) is 8.83 Å². The van der Waals surface area contributed by atoms with Gasteiger partial charge in [-0.15, -0.1) is 0 Å². The summed E-state index contributed by atoms with van der Waals surface area (Å²) in [5, 5.41) is 4.83. The zero-order valence-electron chi connectivity index (χ0n) is 41.3. The largest absolute Gasteiger partial charge is 0.456 e. The molecule has 2 aromatic heterocycles. The lowest BCUT2D eigenvalue weighted by atomic mass is 9.72. The summed E-state index contributed by atoms with van der Waals surface area (Å²) in [6.07, 6.45) is 0. The lowest BCUT2D eigenvalue weighted by Gasteiger charge is -2.32. The first-order valence-corrected chi connectivity index (χ1v) is 25.1. The fourth-order valence-electron chi connectivity index (χ4n) is 14.3. The molecule has 4 aliphatic carbocycles. The number of rotatable bonds is 3. The fourth-order valence-corrected chi connectivity index (χ4v) is 14.3. The van der Waals surface area contributed by atoms with Crippen molar-refractivity contribution in [1.29, 1.82) is 0 Å². The normalized spacial score (nSPS) is 16.5. The molecule has 70 heavy (non-hydrogen) atoms. The van der Waals surface area contributed by atoms with Crippen molar-refractivity contribution in [2.75, 3.05) is 4.90 Å². The zero-order valence-corrected chi connectivity index (χ0v) is 41.3. The van der Waals surface area contributed by atoms with Crippen LogP contribution in [0.25, 0.3) is 88.4 Å². The van der Waals surface area contributed by atoms with Crippen molar-refractivity contribution in [1.82, 2.24) is 0 Å². The Balaban J connectivity index is 0.913. The average molecular weight is 904 g/mol. The summed E-state index contributed by atoms with van der Waals surface area (Å²) < 4.78 is 13.5. The minimum absolute atomic E-state index is 0.169. The van der Waals surface area contributed by atoms with Crippen LogP contribution in [0.2, 0.25) is 0 Å². The second-order valence-electron chi connectivity index (χ2n) is 22.8. The highest BCUT2D eigenvalue weighted by Crippen LogP contribution is 2.64. The Kier molecular flexibility index (Phi) is 7.46. The Morgan fingerprint density at radius 1 is 0.357 bits per heavy atom. The Labute approximate surface area is 409 Å². The molecule has 11 aromatic rings. The topological polar surface area (TPSA) is 29.5 Å². The quantitative estimate of drug-likeness (QED) is 0.177. The smallest absolute Gasteiger partial charge is 0.144 e. The molecule has 0 bridgehead atoms. The number of fused-ring (bicyclic) bond motifs is 22. The number of benzene rings is 9. The van der Waals surface area contributed by atoms with Gasteiger partial charge in [0.1, 0.15) is 22.3 Å². The molecule has 0 aliphatic heterocycles. The molecule has 3 nitrogen and oxygen atoms in total. The summed E-state index contributed by atoms with van der Waals surface area (Å²) >= 11 is 0. The van der Waals surface area contributed by atoms with Crippen molar-refractivity contribution >= 4 is 60.9 Å². The van der Waals surface area contributed by atoms with Gasteiger partial charge in [0.2, 0.25) is 0 Å². The van der Waals surface area contributed by atoms with E-state index in [0.717, 1.165) is 33.7 Å². The molecule has 0 amide bonds. The van der Waals surface area contributed by atoms with Gasteiger partial charge in [-0.05, 0) is 157 Å². The van der Waals surface area contributed by atoms with Gasteiger partial charge in [-0.3, -0.25) is 0 Å². The monoisotopic (exact) mass is 903 g/mol. The molecule has 9 aromatic carbocycles. The summed E-state index contributed by atoms with van der Waals surface area (Å²) in [7, 11) is 0. The highest BCUT2D eigenvalue weighted by Gasteiger charge is 2.49. The van der Waals surface area contributed by atoms with Gasteiger partial charge in [0.05, 0.1) is 0 Å². The van der Waals surface area contributed by atoms with Crippen LogP contribution >= 0.6 is 0 Å². The van der Waals surface area contributed by atoms with E-state index in [1.807, 2.05) is 0 Å². The van der Waals surface area contributed by atoms with Crippen molar-refractivity contribution < 1.29 is 8.83 Å². The average Bonchev–Trinajstić information content (AvgIpc) is 4.14. The van der Waals surface area contributed by atoms with Gasteiger partial charge in [0.25, 0.3) is 0 Å². The molecule has 15 rings (SSSR count). The van der Waals surface area contributed by atoms with Crippen LogP contribution in [0.3, 0.4) is 0 Å². The van der Waals surface area contributed by atoms with Crippen LogP contribution in [0.1, 0.15) is 105 Å². The van der Waals surface area contributed by atoms with E-state index in [0.29, 0.717) is 0 Å². The van der Waals surface area contributed by atoms with Crippen molar-refractivity contribution in [2.45, 2.75) is 84.0 Å². The van der Waals surface area contributed by atoms with Crippen LogP contribution in [0.4, 0.5) is 17.1 Å².